The number of nitrogens with zero attached hydrogens (tertiary/aromatic N) is 1. The molecule has 0 amide bonds. The number of carbonyl (C=O) groups is 1. The van der Waals surface area contributed by atoms with Gasteiger partial charge >= 0.3 is 5.97 Å². The highest BCUT2D eigenvalue weighted by Gasteiger charge is 2.34. The minimum Gasteiger partial charge on any atom is -0.465 e. The zero-order chi connectivity index (χ0) is 14.8. The van der Waals surface area contributed by atoms with Crippen LogP contribution in [0.25, 0.3) is 0 Å². The van der Waals surface area contributed by atoms with Gasteiger partial charge in [-0.2, -0.15) is 0 Å². The summed E-state index contributed by atoms with van der Waals surface area (Å²) in [6.45, 7) is 7.52. The van der Waals surface area contributed by atoms with Crippen molar-refractivity contribution in [1.29, 1.82) is 0 Å². The van der Waals surface area contributed by atoms with Crippen molar-refractivity contribution in [3.63, 3.8) is 0 Å². The Balaban J connectivity index is 2.19. The van der Waals surface area contributed by atoms with E-state index in [1.165, 1.54) is 11.3 Å². The van der Waals surface area contributed by atoms with Gasteiger partial charge in [-0.05, 0) is 37.8 Å². The molecule has 2 N–H and O–H groups in total. The molecule has 1 aliphatic heterocycles. The van der Waals surface area contributed by atoms with Crippen molar-refractivity contribution in [2.75, 3.05) is 24.6 Å². The summed E-state index contributed by atoms with van der Waals surface area (Å²) in [5.74, 6) is 0.221. The number of carbonyl (C=O) groups excluding carboxylic acids is 1. The Kier molecular flexibility index (Phi) is 4.33. The number of para-hydroxylation sites is 1. The van der Waals surface area contributed by atoms with Crippen LogP contribution in [0.5, 0.6) is 0 Å². The number of benzene rings is 1. The molecule has 20 heavy (non-hydrogen) atoms. The third-order valence-electron chi connectivity index (χ3n) is 3.69. The lowest BCUT2D eigenvalue weighted by Gasteiger charge is -2.38. The maximum atomic E-state index is 12.0. The fourth-order valence-corrected chi connectivity index (χ4v) is 2.81. The summed E-state index contributed by atoms with van der Waals surface area (Å²) in [4.78, 5) is 14.2. The molecule has 1 aromatic carbocycles. The molecule has 0 aromatic heterocycles. The van der Waals surface area contributed by atoms with Crippen LogP contribution in [0.2, 0.25) is 0 Å². The number of hydrogen-bond acceptors (Lipinski definition) is 4. The molecule has 2 atom stereocenters. The Bertz CT molecular complexity index is 485. The summed E-state index contributed by atoms with van der Waals surface area (Å²) in [6, 6.07) is 8.33. The lowest BCUT2D eigenvalue weighted by atomic mass is 9.92. The number of fused-ring (bicyclic) bond motifs is 1. The highest BCUT2D eigenvalue weighted by atomic mass is 16.5. The minimum atomic E-state index is -0.986. The molecule has 1 heterocycles. The Morgan fingerprint density at radius 1 is 1.50 bits per heavy atom. The predicted molar refractivity (Wildman–Crippen MR) is 80.7 cm³/mol. The zero-order valence-corrected chi connectivity index (χ0v) is 12.6. The van der Waals surface area contributed by atoms with Gasteiger partial charge in [-0.3, -0.25) is 0 Å². The van der Waals surface area contributed by atoms with E-state index in [1.807, 2.05) is 6.07 Å². The fourth-order valence-electron chi connectivity index (χ4n) is 2.81. The van der Waals surface area contributed by atoms with Gasteiger partial charge in [0.25, 0.3) is 0 Å². The summed E-state index contributed by atoms with van der Waals surface area (Å²) >= 11 is 0. The Morgan fingerprint density at radius 3 is 2.90 bits per heavy atom. The standard InChI is InChI=1S/C16H24N2O2/c1-4-20-15(19)16(3,17)11-18-10-12(2)9-13-7-5-6-8-14(13)18/h5-8,12H,4,9-11,17H2,1-3H3. The van der Waals surface area contributed by atoms with Gasteiger partial charge in [-0.25, -0.2) is 4.79 Å². The molecule has 2 rings (SSSR count). The topological polar surface area (TPSA) is 55.6 Å². The first-order chi connectivity index (χ1) is 9.44. The molecule has 0 spiro atoms. The van der Waals surface area contributed by atoms with Crippen LogP contribution in [-0.4, -0.2) is 31.2 Å². The van der Waals surface area contributed by atoms with Crippen LogP contribution in [-0.2, 0) is 16.0 Å². The van der Waals surface area contributed by atoms with Crippen LogP contribution in [0.1, 0.15) is 26.3 Å². The van der Waals surface area contributed by atoms with E-state index in [2.05, 4.69) is 30.0 Å². The van der Waals surface area contributed by atoms with Crippen molar-refractivity contribution < 1.29 is 9.53 Å². The molecule has 1 aliphatic rings. The lowest BCUT2D eigenvalue weighted by Crippen LogP contribution is -2.56. The summed E-state index contributed by atoms with van der Waals surface area (Å²) in [5, 5.41) is 0. The van der Waals surface area contributed by atoms with Crippen molar-refractivity contribution >= 4 is 11.7 Å². The average molecular weight is 276 g/mol. The zero-order valence-electron chi connectivity index (χ0n) is 12.6. The van der Waals surface area contributed by atoms with Gasteiger partial charge in [-0.1, -0.05) is 25.1 Å². The monoisotopic (exact) mass is 276 g/mol. The van der Waals surface area contributed by atoms with E-state index in [9.17, 15) is 4.79 Å². The predicted octanol–water partition coefficient (Wildman–Crippen LogP) is 1.97. The molecule has 110 valence electrons. The number of anilines is 1. The first kappa shape index (κ1) is 14.9. The SMILES string of the molecule is CCOC(=O)C(C)(N)CN1CC(C)Cc2ccccc21. The highest BCUT2D eigenvalue weighted by Crippen LogP contribution is 2.30. The van der Waals surface area contributed by atoms with E-state index in [1.54, 1.807) is 13.8 Å². The molecular formula is C16H24N2O2. The van der Waals surface area contributed by atoms with Crippen LogP contribution >= 0.6 is 0 Å². The van der Waals surface area contributed by atoms with Gasteiger partial charge in [0.2, 0.25) is 0 Å². The van der Waals surface area contributed by atoms with E-state index >= 15 is 0 Å². The van der Waals surface area contributed by atoms with Crippen molar-refractivity contribution in [2.45, 2.75) is 32.7 Å². The number of nitrogens with two attached hydrogens (primary N) is 1. The fraction of sp³-hybridized carbons (Fsp3) is 0.562. The quantitative estimate of drug-likeness (QED) is 0.854. The molecule has 4 nitrogen and oxygen atoms in total. The first-order valence-corrected chi connectivity index (χ1v) is 7.23. The van der Waals surface area contributed by atoms with E-state index in [-0.39, 0.29) is 5.97 Å². The second kappa shape index (κ2) is 5.83. The summed E-state index contributed by atoms with van der Waals surface area (Å²) in [7, 11) is 0. The lowest BCUT2D eigenvalue weighted by molar-refractivity contribution is -0.148. The van der Waals surface area contributed by atoms with Gasteiger partial charge in [-0.15, -0.1) is 0 Å². The third-order valence-corrected chi connectivity index (χ3v) is 3.69. The second-order valence-corrected chi connectivity index (χ2v) is 5.96. The normalized spacial score (nSPS) is 21.0. The van der Waals surface area contributed by atoms with Crippen LogP contribution in [0, 0.1) is 5.92 Å². The van der Waals surface area contributed by atoms with Crippen molar-refractivity contribution in [3.8, 4) is 0 Å². The van der Waals surface area contributed by atoms with Gasteiger partial charge < -0.3 is 15.4 Å². The smallest absolute Gasteiger partial charge is 0.327 e. The number of esters is 1. The van der Waals surface area contributed by atoms with Crippen molar-refractivity contribution in [3.05, 3.63) is 29.8 Å². The molecule has 0 fully saturated rings. The Hall–Kier alpha value is -1.55. The molecule has 0 saturated carbocycles. The molecule has 1 aromatic rings. The van der Waals surface area contributed by atoms with E-state index in [0.717, 1.165) is 13.0 Å². The van der Waals surface area contributed by atoms with Gasteiger partial charge in [0.15, 0.2) is 0 Å². The molecule has 0 aliphatic carbocycles. The van der Waals surface area contributed by atoms with Crippen LogP contribution in [0.4, 0.5) is 5.69 Å². The van der Waals surface area contributed by atoms with Crippen LogP contribution < -0.4 is 10.6 Å². The highest BCUT2D eigenvalue weighted by molar-refractivity contribution is 5.81. The molecular weight excluding hydrogens is 252 g/mol. The Morgan fingerprint density at radius 2 is 2.20 bits per heavy atom. The van der Waals surface area contributed by atoms with Gasteiger partial charge in [0.1, 0.15) is 5.54 Å². The molecule has 2 unspecified atom stereocenters. The maximum Gasteiger partial charge on any atom is 0.327 e. The van der Waals surface area contributed by atoms with Crippen LogP contribution in [0.15, 0.2) is 24.3 Å². The number of hydrogen-bond donors (Lipinski definition) is 1. The van der Waals surface area contributed by atoms with E-state index in [4.69, 9.17) is 10.5 Å². The molecule has 0 bridgehead atoms. The summed E-state index contributed by atoms with van der Waals surface area (Å²) < 4.78 is 5.07. The van der Waals surface area contributed by atoms with Crippen molar-refractivity contribution in [2.24, 2.45) is 11.7 Å². The van der Waals surface area contributed by atoms with Crippen molar-refractivity contribution in [1.82, 2.24) is 0 Å². The maximum absolute atomic E-state index is 12.0. The van der Waals surface area contributed by atoms with Crippen LogP contribution in [0.3, 0.4) is 0 Å². The van der Waals surface area contributed by atoms with Gasteiger partial charge in [0.05, 0.1) is 6.61 Å². The third kappa shape index (κ3) is 3.12. The summed E-state index contributed by atoms with van der Waals surface area (Å²) in [6.07, 6.45) is 1.08. The summed E-state index contributed by atoms with van der Waals surface area (Å²) in [5.41, 5.74) is 7.69. The molecule has 0 radical (unpaired) electrons. The largest absolute Gasteiger partial charge is 0.465 e. The van der Waals surface area contributed by atoms with Gasteiger partial charge in [0, 0.05) is 18.8 Å². The first-order valence-electron chi connectivity index (χ1n) is 7.23. The minimum absolute atomic E-state index is 0.337. The second-order valence-electron chi connectivity index (χ2n) is 5.96. The average Bonchev–Trinajstić information content (AvgIpc) is 2.38. The number of rotatable bonds is 4. The molecule has 0 saturated heterocycles. The Labute approximate surface area is 120 Å². The van der Waals surface area contributed by atoms with E-state index < -0.39 is 5.54 Å². The molecule has 4 heteroatoms. The number of ether oxygens (including phenoxy) is 1. The van der Waals surface area contributed by atoms with E-state index in [0.29, 0.717) is 19.1 Å².